The Morgan fingerprint density at radius 3 is 3.00 bits per heavy atom. The number of piperazine rings is 1. The van der Waals surface area contributed by atoms with Crippen molar-refractivity contribution in [1.82, 2.24) is 10.2 Å². The average molecular weight is 240 g/mol. The molecule has 1 fully saturated rings. The van der Waals surface area contributed by atoms with Gasteiger partial charge in [0.05, 0.1) is 5.37 Å². The van der Waals surface area contributed by atoms with E-state index in [4.69, 9.17) is 0 Å². The summed E-state index contributed by atoms with van der Waals surface area (Å²) in [5.41, 5.74) is 1.01. The maximum Gasteiger partial charge on any atom is 0.123 e. The minimum absolute atomic E-state index is 0.157. The van der Waals surface area contributed by atoms with Crippen LogP contribution < -0.4 is 5.32 Å². The average Bonchev–Trinajstić information content (AvgIpc) is 2.22. The van der Waals surface area contributed by atoms with Crippen LogP contribution in [0.1, 0.15) is 5.56 Å². The molecule has 2 nitrogen and oxygen atoms in total. The van der Waals surface area contributed by atoms with Gasteiger partial charge in [0, 0.05) is 24.5 Å². The number of nitrogens with zero attached hydrogens (tertiary/aromatic N) is 1. The van der Waals surface area contributed by atoms with Crippen LogP contribution >= 0.6 is 11.8 Å². The van der Waals surface area contributed by atoms with Gasteiger partial charge in [-0.25, -0.2) is 4.39 Å². The Balaban J connectivity index is 2.02. The molecule has 1 aromatic carbocycles. The van der Waals surface area contributed by atoms with Gasteiger partial charge in [-0.05, 0) is 37.7 Å². The van der Waals surface area contributed by atoms with Crippen molar-refractivity contribution in [2.75, 3.05) is 26.7 Å². The van der Waals surface area contributed by atoms with E-state index >= 15 is 0 Å². The van der Waals surface area contributed by atoms with Crippen molar-refractivity contribution < 1.29 is 4.39 Å². The second-order valence-corrected chi connectivity index (χ2v) is 5.48. The lowest BCUT2D eigenvalue weighted by Gasteiger charge is -2.30. The number of nitrogens with one attached hydrogen (secondary N) is 1. The highest BCUT2D eigenvalue weighted by atomic mass is 32.2. The molecular formula is C12H17FN2S. The van der Waals surface area contributed by atoms with Crippen molar-refractivity contribution in [2.24, 2.45) is 0 Å². The fraction of sp³-hybridized carbons (Fsp3) is 0.500. The summed E-state index contributed by atoms with van der Waals surface area (Å²) in [6.45, 7) is 5.10. The third kappa shape index (κ3) is 2.97. The highest BCUT2D eigenvalue weighted by Gasteiger charge is 2.17. The second-order valence-electron chi connectivity index (χ2n) is 4.23. The van der Waals surface area contributed by atoms with E-state index in [1.54, 1.807) is 17.8 Å². The molecule has 1 aliphatic rings. The summed E-state index contributed by atoms with van der Waals surface area (Å²) in [6.07, 6.45) is 0. The highest BCUT2D eigenvalue weighted by molar-refractivity contribution is 8.00. The lowest BCUT2D eigenvalue weighted by molar-refractivity contribution is 0.278. The number of halogens is 1. The van der Waals surface area contributed by atoms with E-state index < -0.39 is 0 Å². The second kappa shape index (κ2) is 5.17. The van der Waals surface area contributed by atoms with Crippen LogP contribution in [0.3, 0.4) is 0 Å². The Morgan fingerprint density at radius 1 is 1.50 bits per heavy atom. The molecule has 2 rings (SSSR count). The van der Waals surface area contributed by atoms with E-state index in [0.717, 1.165) is 30.1 Å². The number of thioether (sulfide) groups is 1. The first-order chi connectivity index (χ1) is 7.65. The van der Waals surface area contributed by atoms with Crippen molar-refractivity contribution >= 4 is 11.8 Å². The topological polar surface area (TPSA) is 15.3 Å². The van der Waals surface area contributed by atoms with Crippen molar-refractivity contribution in [1.29, 1.82) is 0 Å². The van der Waals surface area contributed by atoms with Gasteiger partial charge in [-0.1, -0.05) is 0 Å². The molecule has 1 saturated heterocycles. The summed E-state index contributed by atoms with van der Waals surface area (Å²) in [6, 6.07) is 4.99. The minimum Gasteiger partial charge on any atom is -0.303 e. The quantitative estimate of drug-likeness (QED) is 0.852. The molecule has 1 heterocycles. The van der Waals surface area contributed by atoms with E-state index in [-0.39, 0.29) is 5.82 Å². The number of hydrogen-bond donors (Lipinski definition) is 1. The van der Waals surface area contributed by atoms with E-state index in [9.17, 15) is 4.39 Å². The monoisotopic (exact) mass is 240 g/mol. The van der Waals surface area contributed by atoms with Gasteiger partial charge in [-0.15, -0.1) is 11.8 Å². The van der Waals surface area contributed by atoms with Crippen molar-refractivity contribution in [3.63, 3.8) is 0 Å². The predicted molar refractivity (Wildman–Crippen MR) is 66.3 cm³/mol. The lowest BCUT2D eigenvalue weighted by Crippen LogP contribution is -2.47. The number of aryl methyl sites for hydroxylation is 1. The van der Waals surface area contributed by atoms with Gasteiger partial charge in [-0.3, -0.25) is 0 Å². The smallest absolute Gasteiger partial charge is 0.123 e. The molecule has 88 valence electrons. The Morgan fingerprint density at radius 2 is 2.31 bits per heavy atom. The lowest BCUT2D eigenvalue weighted by atomic mass is 10.2. The number of rotatable bonds is 2. The summed E-state index contributed by atoms with van der Waals surface area (Å²) >= 11 is 1.78. The van der Waals surface area contributed by atoms with E-state index in [2.05, 4.69) is 17.3 Å². The number of benzene rings is 1. The molecule has 0 amide bonds. The maximum absolute atomic E-state index is 13.0. The van der Waals surface area contributed by atoms with Crippen LogP contribution in [0.2, 0.25) is 0 Å². The summed E-state index contributed by atoms with van der Waals surface area (Å²) in [5.74, 6) is -0.157. The normalized spacial score (nSPS) is 22.3. The van der Waals surface area contributed by atoms with Crippen LogP contribution in [0.15, 0.2) is 23.1 Å². The molecule has 1 N–H and O–H groups in total. The predicted octanol–water partition coefficient (Wildman–Crippen LogP) is 2.09. The van der Waals surface area contributed by atoms with Crippen LogP contribution in [0.25, 0.3) is 0 Å². The Bertz CT molecular complexity index is 370. The molecule has 0 spiro atoms. The van der Waals surface area contributed by atoms with E-state index in [0.29, 0.717) is 5.37 Å². The molecule has 16 heavy (non-hydrogen) atoms. The Labute approximate surface area is 100 Å². The van der Waals surface area contributed by atoms with Crippen molar-refractivity contribution in [3.05, 3.63) is 29.6 Å². The molecule has 1 aromatic rings. The first-order valence-corrected chi connectivity index (χ1v) is 6.38. The van der Waals surface area contributed by atoms with Gasteiger partial charge >= 0.3 is 0 Å². The molecule has 1 atom stereocenters. The molecule has 0 radical (unpaired) electrons. The molecule has 0 saturated carbocycles. The first kappa shape index (κ1) is 11.9. The largest absolute Gasteiger partial charge is 0.303 e. The van der Waals surface area contributed by atoms with Crippen LogP contribution in [-0.2, 0) is 0 Å². The highest BCUT2D eigenvalue weighted by Crippen LogP contribution is 2.27. The molecule has 1 aliphatic heterocycles. The maximum atomic E-state index is 13.0. The van der Waals surface area contributed by atoms with Crippen molar-refractivity contribution in [2.45, 2.75) is 17.2 Å². The van der Waals surface area contributed by atoms with Crippen LogP contribution in [-0.4, -0.2) is 37.0 Å². The van der Waals surface area contributed by atoms with Crippen LogP contribution in [0.4, 0.5) is 4.39 Å². The van der Waals surface area contributed by atoms with Gasteiger partial charge in [0.15, 0.2) is 0 Å². The van der Waals surface area contributed by atoms with E-state index in [1.165, 1.54) is 6.07 Å². The number of hydrogen-bond acceptors (Lipinski definition) is 3. The third-order valence-corrected chi connectivity index (χ3v) is 4.06. The molecule has 4 heteroatoms. The van der Waals surface area contributed by atoms with Crippen LogP contribution in [0.5, 0.6) is 0 Å². The SMILES string of the molecule is Cc1cc(F)ccc1SC1CN(C)CCN1. The van der Waals surface area contributed by atoms with Gasteiger partial charge < -0.3 is 10.2 Å². The Hall–Kier alpha value is -0.580. The molecular weight excluding hydrogens is 223 g/mol. The van der Waals surface area contributed by atoms with Crippen molar-refractivity contribution in [3.8, 4) is 0 Å². The molecule has 1 unspecified atom stereocenters. The van der Waals surface area contributed by atoms with Crippen LogP contribution in [0, 0.1) is 12.7 Å². The standard InChI is InChI=1S/C12H17FN2S/c1-9-7-10(13)3-4-11(9)16-12-8-15(2)6-5-14-12/h3-4,7,12,14H,5-6,8H2,1-2H3. The summed E-state index contributed by atoms with van der Waals surface area (Å²) in [4.78, 5) is 3.47. The zero-order valence-electron chi connectivity index (χ0n) is 9.66. The molecule has 0 bridgehead atoms. The molecule has 0 aliphatic carbocycles. The minimum atomic E-state index is -0.157. The van der Waals surface area contributed by atoms with Gasteiger partial charge in [-0.2, -0.15) is 0 Å². The zero-order chi connectivity index (χ0) is 11.5. The summed E-state index contributed by atoms with van der Waals surface area (Å²) in [7, 11) is 2.13. The van der Waals surface area contributed by atoms with E-state index in [1.807, 2.05) is 13.0 Å². The van der Waals surface area contributed by atoms with Gasteiger partial charge in [0.1, 0.15) is 5.82 Å². The number of likely N-dealkylation sites (N-methyl/N-ethyl adjacent to an activating group) is 1. The fourth-order valence-electron chi connectivity index (χ4n) is 1.83. The molecule has 0 aromatic heterocycles. The zero-order valence-corrected chi connectivity index (χ0v) is 10.5. The first-order valence-electron chi connectivity index (χ1n) is 5.50. The third-order valence-electron chi connectivity index (χ3n) is 2.75. The Kier molecular flexibility index (Phi) is 3.84. The van der Waals surface area contributed by atoms with Gasteiger partial charge in [0.25, 0.3) is 0 Å². The summed E-state index contributed by atoms with van der Waals surface area (Å²) < 4.78 is 13.0. The fourth-order valence-corrected chi connectivity index (χ4v) is 3.06. The van der Waals surface area contributed by atoms with Gasteiger partial charge in [0.2, 0.25) is 0 Å². The summed E-state index contributed by atoms with van der Waals surface area (Å²) in [5, 5.41) is 3.87.